The van der Waals surface area contributed by atoms with Crippen LogP contribution in [0.5, 0.6) is 0 Å². The lowest BCUT2D eigenvalue weighted by Gasteiger charge is -2.32. The number of rotatable bonds is 5. The third-order valence-electron chi connectivity index (χ3n) is 3.21. The molecule has 1 aromatic carbocycles. The van der Waals surface area contributed by atoms with Crippen LogP contribution in [-0.2, 0) is 16.1 Å². The van der Waals surface area contributed by atoms with Crippen molar-refractivity contribution in [3.05, 3.63) is 35.6 Å². The molecule has 2 unspecified atom stereocenters. The van der Waals surface area contributed by atoms with Gasteiger partial charge in [-0.3, -0.25) is 14.9 Å². The van der Waals surface area contributed by atoms with Crippen LogP contribution in [0.15, 0.2) is 24.3 Å². The fourth-order valence-electron chi connectivity index (χ4n) is 1.99. The second kappa shape index (κ2) is 7.84. The molecule has 3 N–H and O–H groups in total. The van der Waals surface area contributed by atoms with Gasteiger partial charge in [0.25, 0.3) is 0 Å². The number of nitrogens with one attached hydrogen (secondary N) is 3. The van der Waals surface area contributed by atoms with Crippen molar-refractivity contribution in [2.45, 2.75) is 30.7 Å². The largest absolute Gasteiger partial charge is 0.404 e. The molecule has 2 rings (SSSR count). The molecule has 2 atom stereocenters. The predicted molar refractivity (Wildman–Crippen MR) is 80.2 cm³/mol. The Morgan fingerprint density at radius 2 is 1.96 bits per heavy atom. The second-order valence-corrected chi connectivity index (χ2v) is 6.22. The van der Waals surface area contributed by atoms with Gasteiger partial charge in [0.05, 0.1) is 12.2 Å². The van der Waals surface area contributed by atoms with E-state index in [1.165, 1.54) is 24.3 Å². The van der Waals surface area contributed by atoms with Crippen molar-refractivity contribution >= 4 is 23.6 Å². The highest BCUT2D eigenvalue weighted by atomic mass is 32.2. The van der Waals surface area contributed by atoms with Crippen molar-refractivity contribution in [2.24, 2.45) is 0 Å². The molecule has 1 saturated heterocycles. The zero-order valence-corrected chi connectivity index (χ0v) is 13.1. The summed E-state index contributed by atoms with van der Waals surface area (Å²) in [4.78, 5) is 23.0. The number of hydrogen-bond donors (Lipinski definition) is 3. The van der Waals surface area contributed by atoms with Crippen LogP contribution in [0.2, 0.25) is 0 Å². The van der Waals surface area contributed by atoms with Gasteiger partial charge < -0.3 is 10.6 Å². The standard InChI is InChI=1S/C14H15F4N3O2S/c15-9-3-1-8(2-4-9)6-19-12(23)7-24-13-20-10(14(16,17)18)5-11(22)21-13/h1-4,10,13,20H,5-7H2,(H,19,23)(H,21,22). The summed E-state index contributed by atoms with van der Waals surface area (Å²) in [5, 5.41) is 7.15. The van der Waals surface area contributed by atoms with Crippen molar-refractivity contribution in [2.75, 3.05) is 5.75 Å². The third-order valence-corrected chi connectivity index (χ3v) is 4.23. The van der Waals surface area contributed by atoms with E-state index in [9.17, 15) is 27.2 Å². The average Bonchev–Trinajstić information content (AvgIpc) is 2.51. The first-order chi connectivity index (χ1) is 11.2. The predicted octanol–water partition coefficient (Wildman–Crippen LogP) is 1.50. The Morgan fingerprint density at radius 3 is 2.58 bits per heavy atom. The number of benzene rings is 1. The zero-order chi connectivity index (χ0) is 17.7. The zero-order valence-electron chi connectivity index (χ0n) is 12.3. The van der Waals surface area contributed by atoms with Crippen LogP contribution in [0, 0.1) is 5.82 Å². The summed E-state index contributed by atoms with van der Waals surface area (Å²) in [5.74, 6) is -1.65. The number of carbonyl (C=O) groups is 2. The first kappa shape index (κ1) is 18.5. The minimum atomic E-state index is -4.53. The number of alkyl halides is 3. The highest BCUT2D eigenvalue weighted by Gasteiger charge is 2.44. The Hall–Kier alpha value is -1.81. The minimum absolute atomic E-state index is 0.135. The number of halogens is 4. The van der Waals surface area contributed by atoms with Crippen LogP contribution in [0.1, 0.15) is 12.0 Å². The SMILES string of the molecule is O=C(CSC1NC(=O)CC(C(F)(F)F)N1)NCc1ccc(F)cc1. The summed E-state index contributed by atoms with van der Waals surface area (Å²) in [6.45, 7) is 0.176. The third kappa shape index (κ3) is 5.68. The molecule has 5 nitrogen and oxygen atoms in total. The summed E-state index contributed by atoms with van der Waals surface area (Å²) >= 11 is 0.852. The van der Waals surface area contributed by atoms with Crippen molar-refractivity contribution in [1.29, 1.82) is 0 Å². The van der Waals surface area contributed by atoms with Crippen LogP contribution in [0.25, 0.3) is 0 Å². The van der Waals surface area contributed by atoms with Crippen molar-refractivity contribution in [3.8, 4) is 0 Å². The molecule has 0 radical (unpaired) electrons. The Morgan fingerprint density at radius 1 is 1.29 bits per heavy atom. The van der Waals surface area contributed by atoms with Gasteiger partial charge in [-0.25, -0.2) is 4.39 Å². The van der Waals surface area contributed by atoms with Gasteiger partial charge in [-0.15, -0.1) is 11.8 Å². The molecule has 1 aliphatic heterocycles. The molecule has 1 heterocycles. The molecule has 0 spiro atoms. The summed E-state index contributed by atoms with van der Waals surface area (Å²) in [6, 6.07) is 3.62. The fourth-order valence-corrected chi connectivity index (χ4v) is 2.88. The van der Waals surface area contributed by atoms with E-state index in [1.807, 2.05) is 0 Å². The number of carbonyl (C=O) groups excluding carboxylic acids is 2. The Labute approximate surface area is 139 Å². The first-order valence-electron chi connectivity index (χ1n) is 6.99. The maximum Gasteiger partial charge on any atom is 0.404 e. The van der Waals surface area contributed by atoms with Crippen molar-refractivity contribution in [3.63, 3.8) is 0 Å². The van der Waals surface area contributed by atoms with Gasteiger partial charge in [0.1, 0.15) is 17.4 Å². The Kier molecular flexibility index (Phi) is 6.05. The lowest BCUT2D eigenvalue weighted by molar-refractivity contribution is -0.167. The van der Waals surface area contributed by atoms with Gasteiger partial charge in [-0.2, -0.15) is 13.2 Å². The number of amides is 2. The topological polar surface area (TPSA) is 70.2 Å². The van der Waals surface area contributed by atoms with Gasteiger partial charge in [0.2, 0.25) is 11.8 Å². The van der Waals surface area contributed by atoms with Gasteiger partial charge in [-0.1, -0.05) is 12.1 Å². The molecule has 1 fully saturated rings. The lowest BCUT2D eigenvalue weighted by atomic mass is 10.1. The minimum Gasteiger partial charge on any atom is -0.351 e. The molecule has 1 aromatic rings. The van der Waals surface area contributed by atoms with Gasteiger partial charge in [-0.05, 0) is 17.7 Å². The molecule has 24 heavy (non-hydrogen) atoms. The fraction of sp³-hybridized carbons (Fsp3) is 0.429. The highest BCUT2D eigenvalue weighted by molar-refractivity contribution is 8.00. The van der Waals surface area contributed by atoms with E-state index in [1.54, 1.807) is 0 Å². The normalized spacial score (nSPS) is 21.2. The Balaban J connectivity index is 1.76. The van der Waals surface area contributed by atoms with Crippen LogP contribution in [-0.4, -0.2) is 35.3 Å². The quantitative estimate of drug-likeness (QED) is 0.692. The van der Waals surface area contributed by atoms with E-state index >= 15 is 0 Å². The molecular formula is C14H15F4N3O2S. The van der Waals surface area contributed by atoms with Crippen LogP contribution >= 0.6 is 11.8 Å². The summed E-state index contributed by atoms with van der Waals surface area (Å²) < 4.78 is 50.7. The Bertz CT molecular complexity index is 595. The maximum absolute atomic E-state index is 12.7. The van der Waals surface area contributed by atoms with E-state index in [2.05, 4.69) is 16.0 Å². The molecule has 0 aromatic heterocycles. The molecule has 0 bridgehead atoms. The second-order valence-electron chi connectivity index (χ2n) is 5.13. The molecule has 2 amide bonds. The summed E-state index contributed by atoms with van der Waals surface area (Å²) in [7, 11) is 0. The first-order valence-corrected chi connectivity index (χ1v) is 8.04. The number of hydrogen-bond acceptors (Lipinski definition) is 4. The highest BCUT2D eigenvalue weighted by Crippen LogP contribution is 2.26. The van der Waals surface area contributed by atoms with Gasteiger partial charge in [0, 0.05) is 6.54 Å². The van der Waals surface area contributed by atoms with Crippen LogP contribution in [0.4, 0.5) is 17.6 Å². The number of thioether (sulfide) groups is 1. The maximum atomic E-state index is 12.7. The van der Waals surface area contributed by atoms with E-state index in [4.69, 9.17) is 0 Å². The molecule has 0 saturated carbocycles. The molecule has 132 valence electrons. The van der Waals surface area contributed by atoms with E-state index in [-0.39, 0.29) is 18.1 Å². The smallest absolute Gasteiger partial charge is 0.351 e. The summed E-state index contributed by atoms with van der Waals surface area (Å²) in [5.41, 5.74) is -0.301. The molecule has 1 aliphatic rings. The van der Waals surface area contributed by atoms with E-state index in [0.717, 1.165) is 11.8 Å². The van der Waals surface area contributed by atoms with E-state index in [0.29, 0.717) is 5.56 Å². The average molecular weight is 365 g/mol. The van der Waals surface area contributed by atoms with Gasteiger partial charge >= 0.3 is 6.18 Å². The summed E-state index contributed by atoms with van der Waals surface area (Å²) in [6.07, 6.45) is -5.21. The van der Waals surface area contributed by atoms with Gasteiger partial charge in [0.15, 0.2) is 0 Å². The van der Waals surface area contributed by atoms with Crippen LogP contribution in [0.3, 0.4) is 0 Å². The van der Waals surface area contributed by atoms with E-state index < -0.39 is 36.0 Å². The molecular weight excluding hydrogens is 350 g/mol. The van der Waals surface area contributed by atoms with Crippen molar-refractivity contribution < 1.29 is 27.2 Å². The van der Waals surface area contributed by atoms with Crippen LogP contribution < -0.4 is 16.0 Å². The lowest BCUT2D eigenvalue weighted by Crippen LogP contribution is -2.59. The molecule has 0 aliphatic carbocycles. The van der Waals surface area contributed by atoms with Crippen molar-refractivity contribution in [1.82, 2.24) is 16.0 Å². The monoisotopic (exact) mass is 365 g/mol. The molecule has 10 heteroatoms.